The van der Waals surface area contributed by atoms with E-state index in [0.717, 1.165) is 13.1 Å². The smallest absolute Gasteiger partial charge is 0.00490 e. The van der Waals surface area contributed by atoms with Crippen LogP contribution < -0.4 is 11.1 Å². The lowest BCUT2D eigenvalue weighted by Crippen LogP contribution is -2.13. The molecule has 13 heavy (non-hydrogen) atoms. The van der Waals surface area contributed by atoms with Crippen molar-refractivity contribution in [3.63, 3.8) is 0 Å². The fraction of sp³-hybridized carbons (Fsp3) is 1.00. The lowest BCUT2D eigenvalue weighted by Gasteiger charge is -2.01. The van der Waals surface area contributed by atoms with Gasteiger partial charge in [-0.05, 0) is 32.5 Å². The highest BCUT2D eigenvalue weighted by molar-refractivity contribution is 4.48. The number of hydrogen-bond donors (Lipinski definition) is 2. The first-order valence-corrected chi connectivity index (χ1v) is 5.82. The number of rotatable bonds is 10. The molecule has 0 rings (SSSR count). The van der Waals surface area contributed by atoms with E-state index in [4.69, 9.17) is 5.73 Å². The molecule has 0 amide bonds. The first-order valence-electron chi connectivity index (χ1n) is 5.82. The van der Waals surface area contributed by atoms with Crippen molar-refractivity contribution in [1.82, 2.24) is 5.32 Å². The van der Waals surface area contributed by atoms with Crippen molar-refractivity contribution >= 4 is 0 Å². The standard InChI is InChI=1S/C11H26N2/c1-2-13-11-9-7-5-3-4-6-8-10-12/h13H,2-12H2,1H3. The van der Waals surface area contributed by atoms with Crippen LogP contribution in [0.1, 0.15) is 51.9 Å². The molecule has 0 saturated carbocycles. The van der Waals surface area contributed by atoms with E-state index in [2.05, 4.69) is 12.2 Å². The van der Waals surface area contributed by atoms with Crippen LogP contribution in [0.2, 0.25) is 0 Å². The van der Waals surface area contributed by atoms with Crippen molar-refractivity contribution in [2.24, 2.45) is 5.73 Å². The molecule has 3 N–H and O–H groups in total. The third kappa shape index (κ3) is 11.9. The SMILES string of the molecule is CCNCCCCCCCCCN. The minimum atomic E-state index is 0.862. The monoisotopic (exact) mass is 186 g/mol. The molecule has 0 aliphatic heterocycles. The van der Waals surface area contributed by atoms with Crippen LogP contribution in [0, 0.1) is 0 Å². The predicted octanol–water partition coefficient (Wildman–Crippen LogP) is 2.29. The first kappa shape index (κ1) is 12.9. The fourth-order valence-electron chi connectivity index (χ4n) is 1.45. The van der Waals surface area contributed by atoms with Crippen molar-refractivity contribution < 1.29 is 0 Å². The van der Waals surface area contributed by atoms with Crippen LogP contribution in [0.4, 0.5) is 0 Å². The van der Waals surface area contributed by atoms with Gasteiger partial charge in [0.15, 0.2) is 0 Å². The van der Waals surface area contributed by atoms with Gasteiger partial charge in [-0.25, -0.2) is 0 Å². The summed E-state index contributed by atoms with van der Waals surface area (Å²) >= 11 is 0. The molecule has 0 aliphatic rings. The molecule has 0 radical (unpaired) electrons. The lowest BCUT2D eigenvalue weighted by atomic mass is 10.1. The molecule has 2 heteroatoms. The molecule has 2 nitrogen and oxygen atoms in total. The summed E-state index contributed by atoms with van der Waals surface area (Å²) in [5.74, 6) is 0. The number of hydrogen-bond acceptors (Lipinski definition) is 2. The van der Waals surface area contributed by atoms with Gasteiger partial charge in [0.2, 0.25) is 0 Å². The maximum Gasteiger partial charge on any atom is -0.00490 e. The Bertz CT molecular complexity index is 74.2. The summed E-state index contributed by atoms with van der Waals surface area (Å²) < 4.78 is 0. The Balaban J connectivity index is 2.76. The van der Waals surface area contributed by atoms with Gasteiger partial charge in [-0.1, -0.05) is 39.0 Å². The average molecular weight is 186 g/mol. The maximum absolute atomic E-state index is 5.42. The van der Waals surface area contributed by atoms with Crippen LogP contribution in [-0.2, 0) is 0 Å². The molecular formula is C11H26N2. The van der Waals surface area contributed by atoms with Gasteiger partial charge < -0.3 is 11.1 Å². The maximum atomic E-state index is 5.42. The highest BCUT2D eigenvalue weighted by atomic mass is 14.8. The number of nitrogens with two attached hydrogens (primary N) is 1. The summed E-state index contributed by atoms with van der Waals surface area (Å²) in [5, 5.41) is 3.34. The van der Waals surface area contributed by atoms with Crippen LogP contribution in [0.5, 0.6) is 0 Å². The van der Waals surface area contributed by atoms with E-state index >= 15 is 0 Å². The molecule has 0 atom stereocenters. The van der Waals surface area contributed by atoms with E-state index in [0.29, 0.717) is 0 Å². The summed E-state index contributed by atoms with van der Waals surface area (Å²) in [6.07, 6.45) is 9.42. The minimum absolute atomic E-state index is 0.862. The van der Waals surface area contributed by atoms with Gasteiger partial charge in [0.05, 0.1) is 0 Å². The van der Waals surface area contributed by atoms with Crippen molar-refractivity contribution in [2.45, 2.75) is 51.9 Å². The quantitative estimate of drug-likeness (QED) is 0.514. The highest BCUT2D eigenvalue weighted by Crippen LogP contribution is 2.05. The molecular weight excluding hydrogens is 160 g/mol. The van der Waals surface area contributed by atoms with Gasteiger partial charge in [-0.15, -0.1) is 0 Å². The van der Waals surface area contributed by atoms with Gasteiger partial charge >= 0.3 is 0 Å². The van der Waals surface area contributed by atoms with E-state index in [9.17, 15) is 0 Å². The van der Waals surface area contributed by atoms with Crippen molar-refractivity contribution in [3.05, 3.63) is 0 Å². The van der Waals surface area contributed by atoms with E-state index in [1.54, 1.807) is 0 Å². The third-order valence-electron chi connectivity index (χ3n) is 2.31. The van der Waals surface area contributed by atoms with Crippen LogP contribution >= 0.6 is 0 Å². The Kier molecular flexibility index (Phi) is 11.8. The molecule has 0 spiro atoms. The van der Waals surface area contributed by atoms with Gasteiger partial charge in [-0.2, -0.15) is 0 Å². The minimum Gasteiger partial charge on any atom is -0.330 e. The summed E-state index contributed by atoms with van der Waals surface area (Å²) in [7, 11) is 0. The van der Waals surface area contributed by atoms with Gasteiger partial charge in [0.1, 0.15) is 0 Å². The highest BCUT2D eigenvalue weighted by Gasteiger charge is 1.90. The molecule has 0 bridgehead atoms. The van der Waals surface area contributed by atoms with Crippen molar-refractivity contribution in [2.75, 3.05) is 19.6 Å². The Labute approximate surface area is 83.3 Å². The lowest BCUT2D eigenvalue weighted by molar-refractivity contribution is 0.564. The Morgan fingerprint density at radius 3 is 1.92 bits per heavy atom. The second-order valence-electron chi connectivity index (χ2n) is 3.62. The van der Waals surface area contributed by atoms with Crippen LogP contribution in [0.25, 0.3) is 0 Å². The molecule has 0 aromatic heterocycles. The zero-order chi connectivity index (χ0) is 9.78. The van der Waals surface area contributed by atoms with Crippen LogP contribution in [0.15, 0.2) is 0 Å². The second kappa shape index (κ2) is 11.9. The zero-order valence-electron chi connectivity index (χ0n) is 9.15. The van der Waals surface area contributed by atoms with Gasteiger partial charge in [0.25, 0.3) is 0 Å². The zero-order valence-corrected chi connectivity index (χ0v) is 9.15. The fourth-order valence-corrected chi connectivity index (χ4v) is 1.45. The average Bonchev–Trinajstić information content (AvgIpc) is 2.16. The van der Waals surface area contributed by atoms with Crippen molar-refractivity contribution in [1.29, 1.82) is 0 Å². The third-order valence-corrected chi connectivity index (χ3v) is 2.31. The van der Waals surface area contributed by atoms with E-state index in [-0.39, 0.29) is 0 Å². The molecule has 0 aromatic rings. The van der Waals surface area contributed by atoms with Gasteiger partial charge in [0, 0.05) is 0 Å². The normalized spacial score (nSPS) is 10.6. The Hall–Kier alpha value is -0.0800. The second-order valence-corrected chi connectivity index (χ2v) is 3.62. The Morgan fingerprint density at radius 1 is 0.846 bits per heavy atom. The number of nitrogens with one attached hydrogen (secondary N) is 1. The molecule has 80 valence electrons. The molecule has 0 aromatic carbocycles. The largest absolute Gasteiger partial charge is 0.330 e. The van der Waals surface area contributed by atoms with E-state index < -0.39 is 0 Å². The topological polar surface area (TPSA) is 38.0 Å². The predicted molar refractivity (Wildman–Crippen MR) is 59.9 cm³/mol. The van der Waals surface area contributed by atoms with Crippen LogP contribution in [0.3, 0.4) is 0 Å². The summed E-state index contributed by atoms with van der Waals surface area (Å²) in [5.41, 5.74) is 5.42. The van der Waals surface area contributed by atoms with Gasteiger partial charge in [-0.3, -0.25) is 0 Å². The summed E-state index contributed by atoms with van der Waals surface area (Å²) in [4.78, 5) is 0. The molecule has 0 fully saturated rings. The Morgan fingerprint density at radius 2 is 1.38 bits per heavy atom. The van der Waals surface area contributed by atoms with E-state index in [1.807, 2.05) is 0 Å². The number of unbranched alkanes of at least 4 members (excludes halogenated alkanes) is 6. The molecule has 0 aliphatic carbocycles. The summed E-state index contributed by atoms with van der Waals surface area (Å²) in [6, 6.07) is 0. The van der Waals surface area contributed by atoms with Crippen LogP contribution in [-0.4, -0.2) is 19.6 Å². The van der Waals surface area contributed by atoms with Crippen molar-refractivity contribution in [3.8, 4) is 0 Å². The summed E-state index contributed by atoms with van der Waals surface area (Å²) in [6.45, 7) is 5.32. The van der Waals surface area contributed by atoms with E-state index in [1.165, 1.54) is 51.5 Å². The molecule has 0 saturated heterocycles. The molecule has 0 heterocycles. The molecule has 0 unspecified atom stereocenters. The first-order chi connectivity index (χ1) is 6.41.